The molecule has 0 saturated carbocycles. The molecule has 0 amide bonds. The van der Waals surface area contributed by atoms with E-state index in [9.17, 15) is 4.79 Å². The summed E-state index contributed by atoms with van der Waals surface area (Å²) in [7, 11) is 0. The largest absolute Gasteiger partial charge is 0.339 e. The van der Waals surface area contributed by atoms with E-state index in [4.69, 9.17) is 5.26 Å². The highest BCUT2D eigenvalue weighted by molar-refractivity contribution is 7.98. The second-order valence-corrected chi connectivity index (χ2v) is 4.59. The Balaban J connectivity index is 2.50. The Bertz CT molecular complexity index is 856. The molecule has 0 aliphatic carbocycles. The Morgan fingerprint density at radius 3 is 2.94 bits per heavy atom. The van der Waals surface area contributed by atoms with E-state index in [2.05, 4.69) is 21.0 Å². The van der Waals surface area contributed by atoms with Gasteiger partial charge in [0.1, 0.15) is 5.65 Å². The Hall–Kier alpha value is -2.26. The van der Waals surface area contributed by atoms with E-state index in [0.717, 1.165) is 10.9 Å². The minimum absolute atomic E-state index is 0.189. The molecule has 3 aromatic rings. The summed E-state index contributed by atoms with van der Waals surface area (Å²) in [6, 6.07) is 7.26. The Morgan fingerprint density at radius 2 is 2.22 bits per heavy atom. The number of thioether (sulfide) groups is 1. The molecule has 0 saturated heterocycles. The highest BCUT2D eigenvalue weighted by Crippen LogP contribution is 2.23. The van der Waals surface area contributed by atoms with Gasteiger partial charge in [0.25, 0.3) is 5.56 Å². The first-order valence-electron chi connectivity index (χ1n) is 5.23. The molecule has 88 valence electrons. The summed E-state index contributed by atoms with van der Waals surface area (Å²) < 4.78 is 0. The molecular formula is C12H8N4OS. The fourth-order valence-corrected chi connectivity index (χ4v) is 2.32. The van der Waals surface area contributed by atoms with Crippen LogP contribution >= 0.6 is 11.8 Å². The number of hydrogen-bond donors (Lipinski definition) is 2. The number of hydrogen-bond acceptors (Lipinski definition) is 4. The van der Waals surface area contributed by atoms with Crippen LogP contribution < -0.4 is 5.56 Å². The van der Waals surface area contributed by atoms with Crippen molar-refractivity contribution in [1.29, 1.82) is 5.26 Å². The third kappa shape index (κ3) is 1.49. The lowest BCUT2D eigenvalue weighted by molar-refractivity contribution is 0.972. The van der Waals surface area contributed by atoms with Gasteiger partial charge >= 0.3 is 0 Å². The van der Waals surface area contributed by atoms with Crippen molar-refractivity contribution >= 4 is 33.7 Å². The molecule has 0 unspecified atom stereocenters. The number of fused-ring (bicyclic) bond motifs is 3. The van der Waals surface area contributed by atoms with Gasteiger partial charge in [-0.1, -0.05) is 11.8 Å². The van der Waals surface area contributed by atoms with E-state index in [0.29, 0.717) is 21.8 Å². The van der Waals surface area contributed by atoms with Gasteiger partial charge in [0.15, 0.2) is 5.16 Å². The van der Waals surface area contributed by atoms with Crippen LogP contribution in [0.5, 0.6) is 0 Å². The number of rotatable bonds is 1. The molecule has 0 spiro atoms. The average molecular weight is 256 g/mol. The predicted octanol–water partition coefficient (Wildman–Crippen LogP) is 2.00. The zero-order valence-corrected chi connectivity index (χ0v) is 10.3. The summed E-state index contributed by atoms with van der Waals surface area (Å²) in [4.78, 5) is 22.1. The number of aromatic amines is 2. The number of nitrogens with one attached hydrogen (secondary N) is 2. The minimum atomic E-state index is -0.189. The zero-order valence-electron chi connectivity index (χ0n) is 9.44. The molecule has 18 heavy (non-hydrogen) atoms. The van der Waals surface area contributed by atoms with Gasteiger partial charge in [0.2, 0.25) is 0 Å². The molecular weight excluding hydrogens is 248 g/mol. The van der Waals surface area contributed by atoms with Crippen LogP contribution in [-0.4, -0.2) is 21.2 Å². The van der Waals surface area contributed by atoms with Gasteiger partial charge in [-0.15, -0.1) is 0 Å². The van der Waals surface area contributed by atoms with E-state index in [1.807, 2.05) is 6.26 Å². The monoisotopic (exact) mass is 256 g/mol. The summed E-state index contributed by atoms with van der Waals surface area (Å²) in [6.07, 6.45) is 1.85. The SMILES string of the molecule is CSc1nc2[nH]c3ccc(C#N)cc3c2c(=O)[nH]1. The first-order valence-corrected chi connectivity index (χ1v) is 6.45. The summed E-state index contributed by atoms with van der Waals surface area (Å²) in [5.41, 5.74) is 1.69. The zero-order chi connectivity index (χ0) is 12.7. The van der Waals surface area contributed by atoms with Crippen LogP contribution in [-0.2, 0) is 0 Å². The molecule has 2 N–H and O–H groups in total. The van der Waals surface area contributed by atoms with Crippen LogP contribution in [0.3, 0.4) is 0 Å². The van der Waals surface area contributed by atoms with Crippen molar-refractivity contribution in [3.8, 4) is 6.07 Å². The van der Waals surface area contributed by atoms with Crippen molar-refractivity contribution in [3.05, 3.63) is 34.1 Å². The number of aromatic nitrogens is 3. The molecule has 2 heterocycles. The fourth-order valence-electron chi connectivity index (χ4n) is 1.95. The van der Waals surface area contributed by atoms with Crippen molar-refractivity contribution < 1.29 is 0 Å². The fraction of sp³-hybridized carbons (Fsp3) is 0.0833. The van der Waals surface area contributed by atoms with Crippen molar-refractivity contribution in [2.24, 2.45) is 0 Å². The van der Waals surface area contributed by atoms with Crippen molar-refractivity contribution in [1.82, 2.24) is 15.0 Å². The maximum absolute atomic E-state index is 12.0. The lowest BCUT2D eigenvalue weighted by Gasteiger charge is -1.95. The van der Waals surface area contributed by atoms with Crippen molar-refractivity contribution in [2.45, 2.75) is 5.16 Å². The summed E-state index contributed by atoms with van der Waals surface area (Å²) in [5, 5.41) is 10.7. The van der Waals surface area contributed by atoms with Crippen molar-refractivity contribution in [2.75, 3.05) is 6.26 Å². The van der Waals surface area contributed by atoms with Crippen molar-refractivity contribution in [3.63, 3.8) is 0 Å². The third-order valence-corrected chi connectivity index (χ3v) is 3.34. The lowest BCUT2D eigenvalue weighted by Crippen LogP contribution is -2.08. The Labute approximate surface area is 106 Å². The number of benzene rings is 1. The van der Waals surface area contributed by atoms with E-state index in [1.165, 1.54) is 11.8 Å². The van der Waals surface area contributed by atoms with Crippen LogP contribution in [0.1, 0.15) is 5.56 Å². The molecule has 0 fully saturated rings. The standard InChI is InChI=1S/C12H8N4OS/c1-18-12-15-10-9(11(17)16-12)7-4-6(5-13)2-3-8(7)14-10/h2-4H,1H3,(H2,14,15,16,17). The minimum Gasteiger partial charge on any atom is -0.339 e. The molecule has 6 heteroatoms. The number of nitriles is 1. The van der Waals surface area contributed by atoms with Gasteiger partial charge in [0.05, 0.1) is 17.0 Å². The normalized spacial score (nSPS) is 10.9. The summed E-state index contributed by atoms with van der Waals surface area (Å²) >= 11 is 1.38. The molecule has 3 rings (SSSR count). The molecule has 0 radical (unpaired) electrons. The van der Waals surface area contributed by atoms with Gasteiger partial charge in [-0.2, -0.15) is 5.26 Å². The Morgan fingerprint density at radius 1 is 1.39 bits per heavy atom. The molecule has 0 atom stereocenters. The maximum atomic E-state index is 12.0. The van der Waals surface area contributed by atoms with E-state index in [1.54, 1.807) is 18.2 Å². The van der Waals surface area contributed by atoms with E-state index < -0.39 is 0 Å². The van der Waals surface area contributed by atoms with Gasteiger partial charge in [-0.3, -0.25) is 4.79 Å². The van der Waals surface area contributed by atoms with Gasteiger partial charge in [-0.25, -0.2) is 4.98 Å². The second-order valence-electron chi connectivity index (χ2n) is 3.80. The molecule has 0 aliphatic rings. The highest BCUT2D eigenvalue weighted by atomic mass is 32.2. The maximum Gasteiger partial charge on any atom is 0.261 e. The average Bonchev–Trinajstić information content (AvgIpc) is 2.75. The lowest BCUT2D eigenvalue weighted by atomic mass is 10.1. The molecule has 2 aromatic heterocycles. The molecule has 0 bridgehead atoms. The second kappa shape index (κ2) is 3.89. The summed E-state index contributed by atoms with van der Waals surface area (Å²) in [5.74, 6) is 0. The van der Waals surface area contributed by atoms with Crippen LogP contribution in [0.15, 0.2) is 28.2 Å². The molecule has 5 nitrogen and oxygen atoms in total. The van der Waals surface area contributed by atoms with Gasteiger partial charge in [-0.05, 0) is 24.5 Å². The topological polar surface area (TPSA) is 85.3 Å². The van der Waals surface area contributed by atoms with Crippen LogP contribution in [0.4, 0.5) is 0 Å². The quantitative estimate of drug-likeness (QED) is 0.515. The van der Waals surface area contributed by atoms with Crippen LogP contribution in [0.25, 0.3) is 21.9 Å². The highest BCUT2D eigenvalue weighted by Gasteiger charge is 2.11. The summed E-state index contributed by atoms with van der Waals surface area (Å²) in [6.45, 7) is 0. The molecule has 1 aromatic carbocycles. The first-order chi connectivity index (χ1) is 8.72. The van der Waals surface area contributed by atoms with Gasteiger partial charge < -0.3 is 9.97 Å². The predicted molar refractivity (Wildman–Crippen MR) is 70.7 cm³/mol. The smallest absolute Gasteiger partial charge is 0.261 e. The van der Waals surface area contributed by atoms with E-state index >= 15 is 0 Å². The number of nitrogens with zero attached hydrogens (tertiary/aromatic N) is 2. The first kappa shape index (κ1) is 10.9. The molecule has 0 aliphatic heterocycles. The van der Waals surface area contributed by atoms with Crippen LogP contribution in [0.2, 0.25) is 0 Å². The Kier molecular flexibility index (Phi) is 2.35. The van der Waals surface area contributed by atoms with E-state index in [-0.39, 0.29) is 5.56 Å². The van der Waals surface area contributed by atoms with Gasteiger partial charge in [0, 0.05) is 10.9 Å². The van der Waals surface area contributed by atoms with Crippen LogP contribution in [0, 0.1) is 11.3 Å². The third-order valence-electron chi connectivity index (χ3n) is 2.76. The number of H-pyrrole nitrogens is 2.